The van der Waals surface area contributed by atoms with Gasteiger partial charge in [0.25, 0.3) is 0 Å². The lowest BCUT2D eigenvalue weighted by Gasteiger charge is -2.30. The molecule has 1 unspecified atom stereocenters. The predicted octanol–water partition coefficient (Wildman–Crippen LogP) is -0.974. The van der Waals surface area contributed by atoms with Crippen LogP contribution < -0.4 is 12.4 Å². The Morgan fingerprint density at radius 2 is 1.91 bits per heavy atom. The van der Waals surface area contributed by atoms with Gasteiger partial charge in [-0.15, -0.1) is 0 Å². The number of aliphatic hydroxyl groups excluding tert-OH is 1. The van der Waals surface area contributed by atoms with E-state index in [0.29, 0.717) is 17.4 Å². The van der Waals surface area contributed by atoms with E-state index in [-0.39, 0.29) is 18.0 Å². The van der Waals surface area contributed by atoms with Crippen LogP contribution in [0.4, 0.5) is 0 Å². The number of nitrogens with zero attached hydrogens (tertiary/aromatic N) is 1. The van der Waals surface area contributed by atoms with Gasteiger partial charge in [-0.1, -0.05) is 36.9 Å². The summed E-state index contributed by atoms with van der Waals surface area (Å²) in [5.41, 5.74) is 1.45. The Kier molecular flexibility index (Phi) is 8.97. The Morgan fingerprint density at radius 1 is 1.32 bits per heavy atom. The number of hydrogen-bond donors (Lipinski definition) is 1. The third-order valence-electron chi connectivity index (χ3n) is 3.02. The fraction of sp³-hybridized carbons (Fsp3) is 0.438. The molecule has 5 nitrogen and oxygen atoms in total. The number of halogens is 1. The maximum atomic E-state index is 11.1. The molecule has 0 bridgehead atoms. The highest BCUT2D eigenvalue weighted by molar-refractivity contribution is 5.86. The summed E-state index contributed by atoms with van der Waals surface area (Å²) in [7, 11) is 4.14. The fourth-order valence-corrected chi connectivity index (χ4v) is 1.84. The molecule has 1 aromatic rings. The van der Waals surface area contributed by atoms with Crippen molar-refractivity contribution in [2.75, 3.05) is 20.6 Å². The molecule has 22 heavy (non-hydrogen) atoms. The van der Waals surface area contributed by atoms with Crippen molar-refractivity contribution < 1.29 is 36.6 Å². The van der Waals surface area contributed by atoms with Gasteiger partial charge in [0.2, 0.25) is 6.29 Å². The lowest BCUT2D eigenvalue weighted by Crippen LogP contribution is -3.00. The molecule has 1 aromatic carbocycles. The van der Waals surface area contributed by atoms with Gasteiger partial charge in [0, 0.05) is 11.1 Å². The van der Waals surface area contributed by atoms with E-state index < -0.39 is 12.3 Å². The van der Waals surface area contributed by atoms with Crippen molar-refractivity contribution in [3.05, 3.63) is 48.0 Å². The molecular weight excluding hydrogens is 306 g/mol. The van der Waals surface area contributed by atoms with Crippen LogP contribution in [0.1, 0.15) is 18.9 Å². The van der Waals surface area contributed by atoms with E-state index in [1.165, 1.54) is 12.5 Å². The highest BCUT2D eigenvalue weighted by Gasteiger charge is 2.19. The molecule has 1 rings (SSSR count). The highest BCUT2D eigenvalue weighted by atomic mass is 35.5. The van der Waals surface area contributed by atoms with Gasteiger partial charge in [0.1, 0.15) is 6.54 Å². The number of rotatable bonds is 8. The van der Waals surface area contributed by atoms with Gasteiger partial charge < -0.3 is 22.0 Å². The summed E-state index contributed by atoms with van der Waals surface area (Å²) in [6.45, 7) is 6.47. The van der Waals surface area contributed by atoms with Crippen molar-refractivity contribution in [2.45, 2.75) is 26.2 Å². The van der Waals surface area contributed by atoms with Crippen LogP contribution in [-0.4, -0.2) is 42.5 Å². The van der Waals surface area contributed by atoms with E-state index in [9.17, 15) is 9.90 Å². The molecule has 0 fully saturated rings. The molecule has 0 aromatic heterocycles. The molecule has 0 spiro atoms. The molecule has 1 atom stereocenters. The number of aliphatic hydroxyl groups is 1. The summed E-state index contributed by atoms with van der Waals surface area (Å²) in [6.07, 6.45) is -0.773. The molecule has 1 N–H and O–H groups in total. The first kappa shape index (κ1) is 20.6. The first-order valence-electron chi connectivity index (χ1n) is 6.87. The van der Waals surface area contributed by atoms with Crippen LogP contribution in [0, 0.1) is 0 Å². The molecular formula is C16H24ClNO4. The van der Waals surface area contributed by atoms with Crippen LogP contribution in [0.5, 0.6) is 0 Å². The number of benzene rings is 1. The zero-order chi connectivity index (χ0) is 15.9. The summed E-state index contributed by atoms with van der Waals surface area (Å²) >= 11 is 0. The van der Waals surface area contributed by atoms with Crippen molar-refractivity contribution in [3.63, 3.8) is 0 Å². The second-order valence-corrected chi connectivity index (χ2v) is 5.79. The van der Waals surface area contributed by atoms with Crippen molar-refractivity contribution in [1.29, 1.82) is 0 Å². The Labute approximate surface area is 138 Å². The second-order valence-electron chi connectivity index (χ2n) is 5.79. The zero-order valence-electron chi connectivity index (χ0n) is 13.3. The Balaban J connectivity index is 0.00000441. The second kappa shape index (κ2) is 9.58. The van der Waals surface area contributed by atoms with Gasteiger partial charge in [-0.2, -0.15) is 4.89 Å². The van der Waals surface area contributed by atoms with Gasteiger partial charge in [0.05, 0.1) is 27.1 Å². The van der Waals surface area contributed by atoms with E-state index >= 15 is 0 Å². The smallest absolute Gasteiger partial charge is 0.368 e. The third-order valence-corrected chi connectivity index (χ3v) is 3.02. The summed E-state index contributed by atoms with van der Waals surface area (Å²) in [5.74, 6) is -0.674. The molecule has 0 heterocycles. The van der Waals surface area contributed by atoms with Gasteiger partial charge in [-0.25, -0.2) is 4.79 Å². The summed E-state index contributed by atoms with van der Waals surface area (Å²) in [6, 6.07) is 10.1. The topological polar surface area (TPSA) is 55.8 Å². The van der Waals surface area contributed by atoms with Crippen LogP contribution in [0.3, 0.4) is 0 Å². The predicted molar refractivity (Wildman–Crippen MR) is 79.7 cm³/mol. The summed E-state index contributed by atoms with van der Waals surface area (Å²) in [4.78, 5) is 20.2. The number of quaternary nitrogens is 1. The largest absolute Gasteiger partial charge is 1.00 e. The van der Waals surface area contributed by atoms with Crippen molar-refractivity contribution >= 4 is 5.97 Å². The lowest BCUT2D eigenvalue weighted by atomic mass is 10.2. The maximum Gasteiger partial charge on any atom is 0.368 e. The first-order valence-corrected chi connectivity index (χ1v) is 6.87. The van der Waals surface area contributed by atoms with E-state index in [0.717, 1.165) is 6.54 Å². The average Bonchev–Trinajstić information content (AvgIpc) is 2.43. The minimum Gasteiger partial charge on any atom is -1.00 e. The van der Waals surface area contributed by atoms with Crippen LogP contribution >= 0.6 is 0 Å². The van der Waals surface area contributed by atoms with Crippen molar-refractivity contribution in [3.8, 4) is 0 Å². The standard InChI is InChI=1S/C16H24NO4.ClH/c1-13(2)16(19)21-20-15(18)10-11-17(3,4)12-14-8-6-5-7-9-14;/h5-9,15,18H,1,10-12H2,2-4H3;1H/q+1;/p-1. The van der Waals surface area contributed by atoms with Crippen LogP contribution in [0.2, 0.25) is 0 Å². The maximum absolute atomic E-state index is 11.1. The highest BCUT2D eigenvalue weighted by Crippen LogP contribution is 2.11. The van der Waals surface area contributed by atoms with E-state index in [1.54, 1.807) is 0 Å². The van der Waals surface area contributed by atoms with Crippen LogP contribution in [0.25, 0.3) is 0 Å². The Morgan fingerprint density at radius 3 is 2.45 bits per heavy atom. The molecule has 0 saturated heterocycles. The molecule has 6 heteroatoms. The monoisotopic (exact) mass is 329 g/mol. The van der Waals surface area contributed by atoms with E-state index in [2.05, 4.69) is 42.6 Å². The minimum atomic E-state index is -1.14. The molecule has 0 aliphatic rings. The molecule has 0 amide bonds. The van der Waals surface area contributed by atoms with Crippen molar-refractivity contribution in [2.24, 2.45) is 0 Å². The fourth-order valence-electron chi connectivity index (χ4n) is 1.84. The molecule has 0 radical (unpaired) electrons. The van der Waals surface area contributed by atoms with Crippen LogP contribution in [-0.2, 0) is 21.1 Å². The molecule has 0 aliphatic heterocycles. The third kappa shape index (κ3) is 8.14. The number of carbonyl (C=O) groups excluding carboxylic acids is 1. The zero-order valence-corrected chi connectivity index (χ0v) is 14.0. The Hall–Kier alpha value is -1.40. The molecule has 124 valence electrons. The Bertz CT molecular complexity index is 476. The van der Waals surface area contributed by atoms with Crippen LogP contribution in [0.15, 0.2) is 42.5 Å². The first-order chi connectivity index (χ1) is 9.80. The number of carbonyl (C=O) groups is 1. The lowest BCUT2D eigenvalue weighted by molar-refractivity contribution is -0.904. The molecule has 0 saturated carbocycles. The van der Waals surface area contributed by atoms with E-state index in [1.807, 2.05) is 18.2 Å². The normalized spacial score (nSPS) is 12.2. The minimum absolute atomic E-state index is 0. The summed E-state index contributed by atoms with van der Waals surface area (Å²) in [5, 5.41) is 9.67. The van der Waals surface area contributed by atoms with Crippen molar-refractivity contribution in [1.82, 2.24) is 0 Å². The molecule has 0 aliphatic carbocycles. The van der Waals surface area contributed by atoms with Gasteiger partial charge in [-0.05, 0) is 6.92 Å². The van der Waals surface area contributed by atoms with Gasteiger partial charge in [0.15, 0.2) is 0 Å². The average molecular weight is 330 g/mol. The van der Waals surface area contributed by atoms with Gasteiger partial charge >= 0.3 is 5.97 Å². The SMILES string of the molecule is C=C(C)C(=O)OOC(O)CC[N+](C)(C)Cc1ccccc1.[Cl-]. The van der Waals surface area contributed by atoms with Gasteiger partial charge in [-0.3, -0.25) is 4.89 Å². The summed E-state index contributed by atoms with van der Waals surface area (Å²) < 4.78 is 0.693. The number of hydrogen-bond acceptors (Lipinski definition) is 4. The quantitative estimate of drug-likeness (QED) is 0.219. The van der Waals surface area contributed by atoms with E-state index in [4.69, 9.17) is 0 Å².